The van der Waals surface area contributed by atoms with Gasteiger partial charge in [0, 0.05) is 5.56 Å². The van der Waals surface area contributed by atoms with Gasteiger partial charge < -0.3 is 14.8 Å². The first-order valence-electron chi connectivity index (χ1n) is 8.44. The molecule has 146 valence electrons. The largest absolute Gasteiger partial charge is 0.494 e. The molecular weight excluding hydrogens is 359 g/mol. The van der Waals surface area contributed by atoms with Gasteiger partial charge in [-0.1, -0.05) is 13.8 Å². The molecule has 2 rings (SSSR count). The van der Waals surface area contributed by atoms with E-state index in [1.54, 1.807) is 13.8 Å². The number of rotatable bonds is 8. The third-order valence-corrected chi connectivity index (χ3v) is 4.58. The Bertz CT molecular complexity index is 775. The minimum Gasteiger partial charge on any atom is -0.494 e. The topological polar surface area (TPSA) is 102 Å². The molecule has 1 aromatic rings. The summed E-state index contributed by atoms with van der Waals surface area (Å²) in [5, 5.41) is 2.59. The van der Waals surface area contributed by atoms with Gasteiger partial charge in [-0.05, 0) is 31.0 Å². The smallest absolute Gasteiger partial charge is 0.326 e. The Hall–Kier alpha value is -2.97. The van der Waals surface area contributed by atoms with Gasteiger partial charge in [0.1, 0.15) is 12.1 Å². The number of esters is 1. The van der Waals surface area contributed by atoms with Gasteiger partial charge in [0.2, 0.25) is 0 Å². The molecule has 8 nitrogen and oxygen atoms in total. The summed E-state index contributed by atoms with van der Waals surface area (Å²) in [7, 11) is 1.29. The van der Waals surface area contributed by atoms with Crippen LogP contribution in [0.3, 0.4) is 0 Å². The molecule has 1 aliphatic heterocycles. The molecule has 1 saturated heterocycles. The molecular formula is C18H21FN2O6. The zero-order valence-corrected chi connectivity index (χ0v) is 15.3. The van der Waals surface area contributed by atoms with Crippen LogP contribution < -0.4 is 10.1 Å². The van der Waals surface area contributed by atoms with Crippen molar-refractivity contribution in [3.05, 3.63) is 29.6 Å². The van der Waals surface area contributed by atoms with E-state index in [2.05, 4.69) is 5.32 Å². The molecule has 27 heavy (non-hydrogen) atoms. The second kappa shape index (κ2) is 8.15. The van der Waals surface area contributed by atoms with Gasteiger partial charge in [0.25, 0.3) is 5.91 Å². The average molecular weight is 380 g/mol. The molecule has 1 aliphatic rings. The average Bonchev–Trinajstić information content (AvgIpc) is 2.90. The predicted octanol–water partition coefficient (Wildman–Crippen LogP) is 1.67. The number of nitrogens with zero attached hydrogens (tertiary/aromatic N) is 1. The van der Waals surface area contributed by atoms with Crippen LogP contribution >= 0.6 is 0 Å². The highest BCUT2D eigenvalue weighted by atomic mass is 19.1. The number of Topliss-reactive ketones (excluding diaryl/α,β-unsaturated/α-hetero) is 1. The van der Waals surface area contributed by atoms with E-state index in [4.69, 9.17) is 9.47 Å². The first-order chi connectivity index (χ1) is 12.8. The number of carbonyl (C=O) groups is 4. The fourth-order valence-electron chi connectivity index (χ4n) is 2.79. The Kier molecular flexibility index (Phi) is 6.14. The predicted molar refractivity (Wildman–Crippen MR) is 91.8 cm³/mol. The third-order valence-electron chi connectivity index (χ3n) is 4.58. The first-order valence-corrected chi connectivity index (χ1v) is 8.44. The lowest BCUT2D eigenvalue weighted by Crippen LogP contribution is -2.46. The van der Waals surface area contributed by atoms with Gasteiger partial charge in [-0.3, -0.25) is 19.3 Å². The molecule has 1 fully saturated rings. The number of carbonyl (C=O) groups excluding carboxylic acids is 4. The molecule has 0 unspecified atom stereocenters. The van der Waals surface area contributed by atoms with Crippen LogP contribution in [0.15, 0.2) is 18.2 Å². The summed E-state index contributed by atoms with van der Waals surface area (Å²) in [6, 6.07) is 2.92. The minimum atomic E-state index is -1.02. The zero-order valence-electron chi connectivity index (χ0n) is 15.3. The van der Waals surface area contributed by atoms with Crippen molar-refractivity contribution in [3.8, 4) is 5.75 Å². The summed E-state index contributed by atoms with van der Waals surface area (Å²) in [5.41, 5.74) is -1.01. The molecule has 1 aromatic carbocycles. The molecule has 0 aromatic heterocycles. The number of benzene rings is 1. The number of halogens is 1. The van der Waals surface area contributed by atoms with Crippen LogP contribution in [-0.2, 0) is 14.3 Å². The standard InChI is InChI=1S/C18H21FN2O6/c1-4-18(5-2)16(24)21(17(25)20-18)9-15(23)27-10-13(22)11-6-7-14(26-3)12(19)8-11/h6-8H,4-5,9-10H2,1-3H3,(H,20,25). The second-order valence-electron chi connectivity index (χ2n) is 6.04. The molecule has 3 amide bonds. The third kappa shape index (κ3) is 4.07. The van der Waals surface area contributed by atoms with E-state index in [9.17, 15) is 23.6 Å². The number of ketones is 1. The molecule has 0 saturated carbocycles. The lowest BCUT2D eigenvalue weighted by molar-refractivity contribution is -0.146. The SMILES string of the molecule is CCC1(CC)NC(=O)N(CC(=O)OCC(=O)c2ccc(OC)c(F)c2)C1=O. The second-order valence-corrected chi connectivity index (χ2v) is 6.04. The Morgan fingerprint density at radius 3 is 2.41 bits per heavy atom. The molecule has 0 radical (unpaired) electrons. The van der Waals surface area contributed by atoms with E-state index in [0.717, 1.165) is 11.0 Å². The molecule has 1 N–H and O–H groups in total. The van der Waals surface area contributed by atoms with Crippen LogP contribution in [0.4, 0.5) is 9.18 Å². The Labute approximate surface area is 155 Å². The number of methoxy groups -OCH3 is 1. The van der Waals surface area contributed by atoms with E-state index in [0.29, 0.717) is 12.8 Å². The molecule has 0 bridgehead atoms. The molecule has 1 heterocycles. The van der Waals surface area contributed by atoms with Crippen molar-refractivity contribution in [3.63, 3.8) is 0 Å². The van der Waals surface area contributed by atoms with E-state index in [1.807, 2.05) is 0 Å². The molecule has 9 heteroatoms. The summed E-state index contributed by atoms with van der Waals surface area (Å²) >= 11 is 0. The molecule has 0 aliphatic carbocycles. The van der Waals surface area contributed by atoms with Crippen LogP contribution in [-0.4, -0.2) is 54.4 Å². The number of urea groups is 1. The van der Waals surface area contributed by atoms with E-state index in [-0.39, 0.29) is 11.3 Å². The van der Waals surface area contributed by atoms with Crippen molar-refractivity contribution in [2.45, 2.75) is 32.2 Å². The van der Waals surface area contributed by atoms with Gasteiger partial charge in [0.05, 0.1) is 7.11 Å². The number of ether oxygens (including phenoxy) is 2. The fraction of sp³-hybridized carbons (Fsp3) is 0.444. The molecule has 0 atom stereocenters. The number of hydrogen-bond donors (Lipinski definition) is 1. The van der Waals surface area contributed by atoms with Crippen LogP contribution in [0.1, 0.15) is 37.0 Å². The highest BCUT2D eigenvalue weighted by Gasteiger charge is 2.49. The van der Waals surface area contributed by atoms with Gasteiger partial charge in [-0.2, -0.15) is 0 Å². The molecule has 0 spiro atoms. The van der Waals surface area contributed by atoms with Crippen LogP contribution in [0.5, 0.6) is 5.75 Å². The van der Waals surface area contributed by atoms with Gasteiger partial charge in [0.15, 0.2) is 24.0 Å². The number of imide groups is 1. The number of nitrogens with one attached hydrogen (secondary N) is 1. The van der Waals surface area contributed by atoms with Crippen molar-refractivity contribution in [2.75, 3.05) is 20.3 Å². The fourth-order valence-corrected chi connectivity index (χ4v) is 2.79. The van der Waals surface area contributed by atoms with E-state index in [1.165, 1.54) is 19.2 Å². The summed E-state index contributed by atoms with van der Waals surface area (Å²) in [5.74, 6) is -2.78. The first kappa shape index (κ1) is 20.3. The summed E-state index contributed by atoms with van der Waals surface area (Å²) in [6.07, 6.45) is 0.780. The van der Waals surface area contributed by atoms with Crippen molar-refractivity contribution < 1.29 is 33.0 Å². The maximum Gasteiger partial charge on any atom is 0.326 e. The van der Waals surface area contributed by atoms with Crippen molar-refractivity contribution >= 4 is 23.7 Å². The van der Waals surface area contributed by atoms with E-state index < -0.39 is 48.2 Å². The normalized spacial score (nSPS) is 15.5. The summed E-state index contributed by atoms with van der Waals surface area (Å²) in [6.45, 7) is 2.28. The maximum atomic E-state index is 13.6. The van der Waals surface area contributed by atoms with Crippen molar-refractivity contribution in [1.82, 2.24) is 10.2 Å². The highest BCUT2D eigenvalue weighted by molar-refractivity contribution is 6.08. The minimum absolute atomic E-state index is 0.00655. The zero-order chi connectivity index (χ0) is 20.2. The number of hydrogen-bond acceptors (Lipinski definition) is 6. The van der Waals surface area contributed by atoms with Gasteiger partial charge in [-0.25, -0.2) is 9.18 Å². The Morgan fingerprint density at radius 1 is 1.22 bits per heavy atom. The monoisotopic (exact) mass is 380 g/mol. The lowest BCUT2D eigenvalue weighted by Gasteiger charge is -2.22. The summed E-state index contributed by atoms with van der Waals surface area (Å²) in [4.78, 5) is 49.1. The Morgan fingerprint density at radius 2 is 1.89 bits per heavy atom. The van der Waals surface area contributed by atoms with Crippen molar-refractivity contribution in [2.24, 2.45) is 0 Å². The van der Waals surface area contributed by atoms with Gasteiger partial charge >= 0.3 is 12.0 Å². The quantitative estimate of drug-likeness (QED) is 0.418. The maximum absolute atomic E-state index is 13.6. The van der Waals surface area contributed by atoms with Crippen LogP contribution in [0.25, 0.3) is 0 Å². The number of amides is 3. The van der Waals surface area contributed by atoms with Crippen LogP contribution in [0.2, 0.25) is 0 Å². The summed E-state index contributed by atoms with van der Waals surface area (Å²) < 4.78 is 23.2. The highest BCUT2D eigenvalue weighted by Crippen LogP contribution is 2.24. The van der Waals surface area contributed by atoms with E-state index >= 15 is 0 Å². The Balaban J connectivity index is 1.94. The lowest BCUT2D eigenvalue weighted by atomic mass is 9.93. The van der Waals surface area contributed by atoms with Crippen LogP contribution in [0, 0.1) is 5.82 Å². The van der Waals surface area contributed by atoms with Crippen molar-refractivity contribution in [1.29, 1.82) is 0 Å². The van der Waals surface area contributed by atoms with Gasteiger partial charge in [-0.15, -0.1) is 0 Å².